The van der Waals surface area contributed by atoms with Crippen molar-refractivity contribution >= 4 is 17.4 Å². The molecule has 0 saturated carbocycles. The largest absolute Gasteiger partial charge is 0.378 e. The fourth-order valence-electron chi connectivity index (χ4n) is 3.96. The van der Waals surface area contributed by atoms with E-state index in [0.29, 0.717) is 11.3 Å². The van der Waals surface area contributed by atoms with Crippen LogP contribution in [0.15, 0.2) is 23.1 Å². The third-order valence-corrected chi connectivity index (χ3v) is 6.87. The van der Waals surface area contributed by atoms with Crippen LogP contribution in [-0.2, 0) is 0 Å². The van der Waals surface area contributed by atoms with Gasteiger partial charge in [-0.25, -0.2) is 0 Å². The molecule has 1 aromatic carbocycles. The summed E-state index contributed by atoms with van der Waals surface area (Å²) in [5.41, 5.74) is 3.47. The molecule has 1 nitrogen and oxygen atoms in total. The fourth-order valence-corrected chi connectivity index (χ4v) is 5.42. The lowest BCUT2D eigenvalue weighted by atomic mass is 9.72. The smallest absolute Gasteiger partial charge is 0.0364 e. The molecule has 1 heterocycles. The summed E-state index contributed by atoms with van der Waals surface area (Å²) in [6, 6.07) is 7.08. The number of nitrogens with zero attached hydrogens (tertiary/aromatic N) is 1. The summed E-state index contributed by atoms with van der Waals surface area (Å²) in [6.45, 7) is 7.12. The number of benzene rings is 1. The van der Waals surface area contributed by atoms with Gasteiger partial charge in [-0.2, -0.15) is 0 Å². The second-order valence-electron chi connectivity index (χ2n) is 7.72. The molecule has 23 heavy (non-hydrogen) atoms. The van der Waals surface area contributed by atoms with Crippen LogP contribution in [0.1, 0.15) is 77.2 Å². The van der Waals surface area contributed by atoms with Crippen LogP contribution in [0.25, 0.3) is 0 Å². The van der Waals surface area contributed by atoms with Gasteiger partial charge in [-0.1, -0.05) is 46.5 Å². The Morgan fingerprint density at radius 3 is 2.35 bits per heavy atom. The zero-order valence-corrected chi connectivity index (χ0v) is 16.6. The molecule has 0 amide bonds. The van der Waals surface area contributed by atoms with Gasteiger partial charge in [-0.05, 0) is 54.4 Å². The van der Waals surface area contributed by atoms with Crippen molar-refractivity contribution in [2.24, 2.45) is 5.41 Å². The van der Waals surface area contributed by atoms with Gasteiger partial charge >= 0.3 is 0 Å². The average molecular weight is 334 g/mol. The lowest BCUT2D eigenvalue weighted by Gasteiger charge is -2.34. The third kappa shape index (κ3) is 4.68. The minimum atomic E-state index is 0.549. The predicted octanol–water partition coefficient (Wildman–Crippen LogP) is 6.72. The average Bonchev–Trinajstić information content (AvgIpc) is 2.68. The Balaban J connectivity index is 2.25. The Hall–Kier alpha value is -0.630. The molecule has 2 heteroatoms. The highest BCUT2D eigenvalue weighted by molar-refractivity contribution is 7.99. The van der Waals surface area contributed by atoms with Crippen molar-refractivity contribution in [3.63, 3.8) is 0 Å². The number of hydrogen-bond donors (Lipinski definition) is 0. The van der Waals surface area contributed by atoms with Crippen molar-refractivity contribution in [1.82, 2.24) is 0 Å². The lowest BCUT2D eigenvalue weighted by Crippen LogP contribution is -2.25. The Labute approximate surface area is 148 Å². The third-order valence-electron chi connectivity index (χ3n) is 5.44. The molecule has 0 radical (unpaired) electrons. The van der Waals surface area contributed by atoms with Gasteiger partial charge < -0.3 is 4.90 Å². The lowest BCUT2D eigenvalue weighted by molar-refractivity contribution is 0.229. The van der Waals surface area contributed by atoms with Crippen LogP contribution in [0.5, 0.6) is 0 Å². The molecule has 0 fully saturated rings. The Kier molecular flexibility index (Phi) is 6.88. The molecule has 130 valence electrons. The monoisotopic (exact) mass is 333 g/mol. The summed E-state index contributed by atoms with van der Waals surface area (Å²) in [4.78, 5) is 3.75. The maximum Gasteiger partial charge on any atom is 0.0364 e. The molecular weight excluding hydrogens is 298 g/mol. The van der Waals surface area contributed by atoms with E-state index >= 15 is 0 Å². The number of thioether (sulfide) groups is 1. The minimum Gasteiger partial charge on any atom is -0.378 e. The topological polar surface area (TPSA) is 3.24 Å². The Bertz CT molecular complexity index is 487. The first-order chi connectivity index (χ1) is 11.0. The van der Waals surface area contributed by atoms with Gasteiger partial charge in [0, 0.05) is 30.4 Å². The zero-order chi connectivity index (χ0) is 16.9. The van der Waals surface area contributed by atoms with Gasteiger partial charge in [0.1, 0.15) is 0 Å². The van der Waals surface area contributed by atoms with Crippen LogP contribution in [-0.4, -0.2) is 19.8 Å². The van der Waals surface area contributed by atoms with E-state index < -0.39 is 0 Å². The summed E-state index contributed by atoms with van der Waals surface area (Å²) in [6.07, 6.45) is 9.61. The minimum absolute atomic E-state index is 0.549. The fraction of sp³-hybridized carbons (Fsp3) is 0.714. The highest BCUT2D eigenvalue weighted by Crippen LogP contribution is 2.49. The highest BCUT2D eigenvalue weighted by Gasteiger charge is 2.34. The SMILES string of the molecule is CCCCC1(CCCC)CSc2ccc(N(C)C)cc2[C@@H](C)C1. The Morgan fingerprint density at radius 2 is 1.78 bits per heavy atom. The molecule has 1 atom stereocenters. The Morgan fingerprint density at radius 1 is 1.13 bits per heavy atom. The van der Waals surface area contributed by atoms with Gasteiger partial charge in [0.05, 0.1) is 0 Å². The first-order valence-electron chi connectivity index (χ1n) is 9.45. The van der Waals surface area contributed by atoms with Gasteiger partial charge in [0.15, 0.2) is 0 Å². The van der Waals surface area contributed by atoms with E-state index in [0.717, 1.165) is 0 Å². The van der Waals surface area contributed by atoms with E-state index in [4.69, 9.17) is 0 Å². The molecule has 0 saturated heterocycles. The number of anilines is 1. The number of fused-ring (bicyclic) bond motifs is 1. The van der Waals surface area contributed by atoms with Crippen LogP contribution in [0.4, 0.5) is 5.69 Å². The van der Waals surface area contributed by atoms with E-state index in [2.05, 4.69) is 69.7 Å². The first kappa shape index (κ1) is 18.7. The van der Waals surface area contributed by atoms with Crippen molar-refractivity contribution in [2.45, 2.75) is 76.5 Å². The van der Waals surface area contributed by atoms with Crippen molar-refractivity contribution in [1.29, 1.82) is 0 Å². The van der Waals surface area contributed by atoms with Gasteiger partial charge in [-0.3, -0.25) is 0 Å². The predicted molar refractivity (Wildman–Crippen MR) is 106 cm³/mol. The summed E-state index contributed by atoms with van der Waals surface area (Å²) in [7, 11) is 4.28. The quantitative estimate of drug-likeness (QED) is 0.545. The van der Waals surface area contributed by atoms with E-state index in [1.54, 1.807) is 5.56 Å². The van der Waals surface area contributed by atoms with Crippen molar-refractivity contribution in [2.75, 3.05) is 24.7 Å². The van der Waals surface area contributed by atoms with Crippen LogP contribution in [0, 0.1) is 5.41 Å². The van der Waals surface area contributed by atoms with Crippen LogP contribution >= 0.6 is 11.8 Å². The van der Waals surface area contributed by atoms with Crippen LogP contribution in [0.3, 0.4) is 0 Å². The van der Waals surface area contributed by atoms with Gasteiger partial charge in [0.25, 0.3) is 0 Å². The van der Waals surface area contributed by atoms with Crippen LogP contribution in [0.2, 0.25) is 0 Å². The molecule has 0 unspecified atom stereocenters. The normalized spacial score (nSPS) is 20.0. The highest BCUT2D eigenvalue weighted by atomic mass is 32.2. The maximum absolute atomic E-state index is 2.46. The maximum atomic E-state index is 2.46. The van der Waals surface area contributed by atoms with E-state index in [-0.39, 0.29) is 0 Å². The van der Waals surface area contributed by atoms with Gasteiger partial charge in [0.2, 0.25) is 0 Å². The summed E-state index contributed by atoms with van der Waals surface area (Å²) in [5.74, 6) is 1.99. The summed E-state index contributed by atoms with van der Waals surface area (Å²) >= 11 is 2.12. The van der Waals surface area contributed by atoms with Crippen LogP contribution < -0.4 is 4.90 Å². The molecule has 2 rings (SSSR count). The molecule has 0 bridgehead atoms. The van der Waals surface area contributed by atoms with Crippen molar-refractivity contribution < 1.29 is 0 Å². The standard InChI is InChI=1S/C21H35NS/c1-6-8-12-21(13-9-7-2)15-17(3)19-14-18(22(4)5)10-11-20(19)23-16-21/h10-11,14,17H,6-9,12-13,15-16H2,1-5H3/t17-/m0/s1. The molecule has 0 spiro atoms. The number of rotatable bonds is 7. The van der Waals surface area contributed by atoms with E-state index in [1.807, 2.05) is 0 Å². The molecule has 0 aliphatic carbocycles. The van der Waals surface area contributed by atoms with Gasteiger partial charge in [-0.15, -0.1) is 11.8 Å². The second-order valence-corrected chi connectivity index (χ2v) is 8.73. The number of hydrogen-bond acceptors (Lipinski definition) is 2. The molecule has 1 aromatic rings. The first-order valence-corrected chi connectivity index (χ1v) is 10.4. The zero-order valence-electron chi connectivity index (χ0n) is 15.8. The molecule has 1 aliphatic heterocycles. The summed E-state index contributed by atoms with van der Waals surface area (Å²) in [5, 5.41) is 0. The van der Waals surface area contributed by atoms with Crippen molar-refractivity contribution in [3.05, 3.63) is 23.8 Å². The second kappa shape index (κ2) is 8.46. The molecular formula is C21H35NS. The molecule has 0 N–H and O–H groups in total. The summed E-state index contributed by atoms with van der Waals surface area (Å²) < 4.78 is 0. The number of unbranched alkanes of at least 4 members (excludes halogenated alkanes) is 2. The van der Waals surface area contributed by atoms with E-state index in [1.165, 1.54) is 61.3 Å². The molecule has 1 aliphatic rings. The van der Waals surface area contributed by atoms with Crippen molar-refractivity contribution in [3.8, 4) is 0 Å². The van der Waals surface area contributed by atoms with E-state index in [9.17, 15) is 0 Å². The molecule has 0 aromatic heterocycles.